The molecule has 3 rings (SSSR count). The van der Waals surface area contributed by atoms with Crippen LogP contribution in [0.5, 0.6) is 28.7 Å². The van der Waals surface area contributed by atoms with E-state index in [1.54, 1.807) is 24.3 Å². The van der Waals surface area contributed by atoms with Crippen molar-refractivity contribution in [1.82, 2.24) is 4.98 Å². The summed E-state index contributed by atoms with van der Waals surface area (Å²) in [4.78, 5) is 17.3. The first kappa shape index (κ1) is 30.5. The number of pyridine rings is 1. The predicted molar refractivity (Wildman–Crippen MR) is 138 cm³/mol. The minimum Gasteiger partial charge on any atom is -0.504 e. The fraction of sp³-hybridized carbons (Fsp3) is 0.407. The molecule has 0 aliphatic heterocycles. The topological polar surface area (TPSA) is 87.1 Å². The molecule has 0 amide bonds. The van der Waals surface area contributed by atoms with Crippen LogP contribution in [0.2, 0.25) is 0 Å². The van der Waals surface area contributed by atoms with Gasteiger partial charge in [0.2, 0.25) is 5.75 Å². The maximum atomic E-state index is 13.2. The van der Waals surface area contributed by atoms with E-state index < -0.39 is 0 Å². The van der Waals surface area contributed by atoms with Crippen LogP contribution in [-0.4, -0.2) is 43.8 Å². The Kier molecular flexibility index (Phi) is 14.5. The maximum absolute atomic E-state index is 13.2. The second-order valence-corrected chi connectivity index (χ2v) is 5.87. The molecule has 2 aromatic carbocycles. The van der Waals surface area contributed by atoms with E-state index in [2.05, 4.69) is 4.98 Å². The Morgan fingerprint density at radius 1 is 0.824 bits per heavy atom. The number of phenols is 1. The number of nitrogens with zero attached hydrogens (tertiary/aromatic N) is 1. The lowest BCUT2D eigenvalue weighted by molar-refractivity contribution is 0.103. The lowest BCUT2D eigenvalue weighted by Crippen LogP contribution is -2.05. The molecule has 7 nitrogen and oxygen atoms in total. The summed E-state index contributed by atoms with van der Waals surface area (Å²) in [5.74, 6) is 1.15. The van der Waals surface area contributed by atoms with Gasteiger partial charge in [0.25, 0.3) is 0 Å². The quantitative estimate of drug-likeness (QED) is 0.383. The molecule has 0 radical (unpaired) electrons. The van der Waals surface area contributed by atoms with Crippen LogP contribution in [0.25, 0.3) is 10.8 Å². The third kappa shape index (κ3) is 6.76. The zero-order valence-electron chi connectivity index (χ0n) is 22.1. The van der Waals surface area contributed by atoms with Crippen LogP contribution in [0.15, 0.2) is 36.7 Å². The minimum atomic E-state index is -0.291. The molecule has 0 atom stereocenters. The summed E-state index contributed by atoms with van der Waals surface area (Å²) in [6.07, 6.45) is 2.97. The van der Waals surface area contributed by atoms with Crippen LogP contribution >= 0.6 is 0 Å². The monoisotopic (exact) mass is 473 g/mol. The number of fused-ring (bicyclic) bond motifs is 1. The summed E-state index contributed by atoms with van der Waals surface area (Å²) in [6, 6.07) is 6.52. The van der Waals surface area contributed by atoms with Gasteiger partial charge < -0.3 is 24.1 Å². The van der Waals surface area contributed by atoms with Crippen molar-refractivity contribution in [2.24, 2.45) is 0 Å². The number of ether oxygens (including phenoxy) is 4. The van der Waals surface area contributed by atoms with Crippen LogP contribution in [0, 0.1) is 0 Å². The number of carbonyl (C=O) groups excluding carboxylic acids is 1. The average molecular weight is 474 g/mol. The van der Waals surface area contributed by atoms with Crippen molar-refractivity contribution < 1.29 is 28.8 Å². The first-order valence-electron chi connectivity index (χ1n) is 11.6. The Hall–Kier alpha value is -3.48. The van der Waals surface area contributed by atoms with Gasteiger partial charge >= 0.3 is 0 Å². The molecule has 1 aromatic heterocycles. The van der Waals surface area contributed by atoms with Crippen LogP contribution in [0.1, 0.15) is 64.4 Å². The van der Waals surface area contributed by atoms with Gasteiger partial charge in [-0.15, -0.1) is 0 Å². The summed E-state index contributed by atoms with van der Waals surface area (Å²) in [6.45, 7) is 14.2. The molecular weight excluding hydrogens is 434 g/mol. The molecule has 0 unspecified atom stereocenters. The van der Waals surface area contributed by atoms with Crippen LogP contribution in [-0.2, 0) is 0 Å². The summed E-state index contributed by atoms with van der Waals surface area (Å²) < 4.78 is 21.4. The zero-order chi connectivity index (χ0) is 26.3. The van der Waals surface area contributed by atoms with Crippen LogP contribution < -0.4 is 18.9 Å². The molecule has 0 aliphatic rings. The second kappa shape index (κ2) is 16.2. The van der Waals surface area contributed by atoms with Gasteiger partial charge in [0, 0.05) is 28.9 Å². The van der Waals surface area contributed by atoms with Crippen LogP contribution in [0.3, 0.4) is 0 Å². The standard InChI is InChI=1S/C21H21NO6.3C2H6/c1-5-28-16-7-6-13-14(10-22-11-15(13)20(16)24)19(23)12-8-17(25-2)21(27-4)18(9-12)26-3;3*1-2/h6-11,24H,5H2,1-4H3;3*1-2H3. The van der Waals surface area contributed by atoms with Crippen LogP contribution in [0.4, 0.5) is 0 Å². The molecule has 0 bridgehead atoms. The highest BCUT2D eigenvalue weighted by Gasteiger charge is 2.21. The second-order valence-electron chi connectivity index (χ2n) is 5.87. The smallest absolute Gasteiger partial charge is 0.203 e. The summed E-state index contributed by atoms with van der Waals surface area (Å²) >= 11 is 0. The number of rotatable bonds is 7. The molecule has 0 spiro atoms. The Morgan fingerprint density at radius 2 is 1.38 bits per heavy atom. The number of aromatic nitrogens is 1. The molecule has 1 heterocycles. The van der Waals surface area contributed by atoms with Gasteiger partial charge in [-0.25, -0.2) is 0 Å². The van der Waals surface area contributed by atoms with E-state index in [1.807, 2.05) is 48.5 Å². The van der Waals surface area contributed by atoms with Gasteiger partial charge in [0.1, 0.15) is 0 Å². The number of aromatic hydroxyl groups is 1. The van der Waals surface area contributed by atoms with E-state index in [-0.39, 0.29) is 11.5 Å². The van der Waals surface area contributed by atoms with Crippen molar-refractivity contribution in [3.05, 3.63) is 47.8 Å². The highest BCUT2D eigenvalue weighted by molar-refractivity contribution is 6.17. The minimum absolute atomic E-state index is 0.0496. The molecule has 188 valence electrons. The third-order valence-corrected chi connectivity index (χ3v) is 4.35. The first-order valence-corrected chi connectivity index (χ1v) is 11.6. The molecule has 1 N–H and O–H groups in total. The fourth-order valence-electron chi connectivity index (χ4n) is 3.03. The zero-order valence-corrected chi connectivity index (χ0v) is 22.1. The van der Waals surface area contributed by atoms with Gasteiger partial charge in [-0.2, -0.15) is 0 Å². The summed E-state index contributed by atoms with van der Waals surface area (Å²) in [5, 5.41) is 11.5. The normalized spacial score (nSPS) is 9.24. The Balaban J connectivity index is 0.00000168. The van der Waals surface area contributed by atoms with Gasteiger partial charge in [0.05, 0.1) is 27.9 Å². The van der Waals surface area contributed by atoms with E-state index in [9.17, 15) is 9.90 Å². The van der Waals surface area contributed by atoms with E-state index in [0.717, 1.165) is 0 Å². The number of ketones is 1. The molecule has 3 aromatic rings. The van der Waals surface area contributed by atoms with Gasteiger partial charge in [-0.1, -0.05) is 41.5 Å². The predicted octanol–water partition coefficient (Wildman–Crippen LogP) is 6.67. The summed E-state index contributed by atoms with van der Waals surface area (Å²) in [5.41, 5.74) is 0.683. The lowest BCUT2D eigenvalue weighted by Gasteiger charge is -2.14. The van der Waals surface area contributed by atoms with E-state index in [0.29, 0.717) is 51.5 Å². The first-order chi connectivity index (χ1) is 16.5. The van der Waals surface area contributed by atoms with Gasteiger partial charge in [-0.05, 0) is 36.6 Å². The third-order valence-electron chi connectivity index (χ3n) is 4.35. The van der Waals surface area contributed by atoms with Gasteiger partial charge in [-0.3, -0.25) is 9.78 Å². The van der Waals surface area contributed by atoms with E-state index >= 15 is 0 Å². The number of hydrogen-bond acceptors (Lipinski definition) is 7. The van der Waals surface area contributed by atoms with Crippen molar-refractivity contribution in [3.63, 3.8) is 0 Å². The maximum Gasteiger partial charge on any atom is 0.203 e. The van der Waals surface area contributed by atoms with Crippen molar-refractivity contribution >= 4 is 16.6 Å². The molecule has 0 fully saturated rings. The van der Waals surface area contributed by atoms with Crippen molar-refractivity contribution in [2.45, 2.75) is 48.5 Å². The van der Waals surface area contributed by atoms with E-state index in [1.165, 1.54) is 33.7 Å². The number of benzene rings is 2. The molecule has 7 heteroatoms. The SMILES string of the molecule is CC.CC.CC.CCOc1ccc2c(C(=O)c3cc(OC)c(OC)c(OC)c3)cncc2c1O. The van der Waals surface area contributed by atoms with Crippen molar-refractivity contribution in [1.29, 1.82) is 0 Å². The number of hydrogen-bond donors (Lipinski definition) is 1. The molecule has 0 saturated heterocycles. The fourth-order valence-corrected chi connectivity index (χ4v) is 3.03. The molecule has 0 saturated carbocycles. The Labute approximate surface area is 203 Å². The number of phenolic OH excluding ortho intramolecular Hbond substituents is 1. The van der Waals surface area contributed by atoms with E-state index in [4.69, 9.17) is 18.9 Å². The largest absolute Gasteiger partial charge is 0.504 e. The number of methoxy groups -OCH3 is 3. The Bertz CT molecular complexity index is 1010. The molecule has 34 heavy (non-hydrogen) atoms. The van der Waals surface area contributed by atoms with Crippen molar-refractivity contribution in [2.75, 3.05) is 27.9 Å². The van der Waals surface area contributed by atoms with Crippen molar-refractivity contribution in [3.8, 4) is 28.7 Å². The lowest BCUT2D eigenvalue weighted by atomic mass is 9.98. The number of carbonyl (C=O) groups is 1. The highest BCUT2D eigenvalue weighted by Crippen LogP contribution is 2.40. The molecular formula is C27H39NO6. The average Bonchev–Trinajstić information content (AvgIpc) is 2.92. The summed E-state index contributed by atoms with van der Waals surface area (Å²) in [7, 11) is 4.46. The highest BCUT2D eigenvalue weighted by atomic mass is 16.5. The molecule has 0 aliphatic carbocycles. The van der Waals surface area contributed by atoms with Gasteiger partial charge in [0.15, 0.2) is 28.8 Å². The Morgan fingerprint density at radius 3 is 1.85 bits per heavy atom.